The Bertz CT molecular complexity index is 334. The maximum absolute atomic E-state index is 9.46. The molecular weight excluding hydrogens is 170 g/mol. The molecule has 1 aromatic rings. The van der Waals surface area contributed by atoms with E-state index in [4.69, 9.17) is 5.11 Å². The first-order valence-electron chi connectivity index (χ1n) is 4.17. The average Bonchev–Trinajstić information content (AvgIpc) is 2.03. The van der Waals surface area contributed by atoms with Crippen molar-refractivity contribution < 1.29 is 15.3 Å². The van der Waals surface area contributed by atoms with Gasteiger partial charge in [-0.05, 0) is 25.1 Å². The molecule has 0 radical (unpaired) electrons. The highest BCUT2D eigenvalue weighted by Crippen LogP contribution is 2.41. The molecule has 4 heteroatoms. The smallest absolute Gasteiger partial charge is 0.200 e. The standard InChI is InChI=1S/C9H11NO3/c11-7-2-1-5(6-3-4-10-6)8(12)9(7)13/h1-2,6,10-13H,3-4H2. The average molecular weight is 181 g/mol. The van der Waals surface area contributed by atoms with Gasteiger partial charge in [-0.25, -0.2) is 0 Å². The van der Waals surface area contributed by atoms with Gasteiger partial charge in [-0.2, -0.15) is 0 Å². The Morgan fingerprint density at radius 3 is 2.38 bits per heavy atom. The molecule has 2 rings (SSSR count). The molecule has 0 bridgehead atoms. The lowest BCUT2D eigenvalue weighted by atomic mass is 9.96. The number of hydrogen-bond donors (Lipinski definition) is 4. The Morgan fingerprint density at radius 2 is 1.85 bits per heavy atom. The molecule has 1 aromatic carbocycles. The van der Waals surface area contributed by atoms with E-state index in [1.54, 1.807) is 6.07 Å². The van der Waals surface area contributed by atoms with Gasteiger partial charge in [-0.15, -0.1) is 0 Å². The molecule has 1 saturated heterocycles. The first-order valence-corrected chi connectivity index (χ1v) is 4.17. The van der Waals surface area contributed by atoms with Crippen LogP contribution in [0.3, 0.4) is 0 Å². The Hall–Kier alpha value is -1.42. The van der Waals surface area contributed by atoms with Crippen LogP contribution in [0, 0.1) is 0 Å². The van der Waals surface area contributed by atoms with Crippen LogP contribution in [-0.2, 0) is 0 Å². The minimum Gasteiger partial charge on any atom is -0.504 e. The van der Waals surface area contributed by atoms with Gasteiger partial charge in [0.15, 0.2) is 11.5 Å². The second-order valence-corrected chi connectivity index (χ2v) is 3.17. The van der Waals surface area contributed by atoms with Crippen molar-refractivity contribution in [3.8, 4) is 17.2 Å². The van der Waals surface area contributed by atoms with Crippen LogP contribution in [0.25, 0.3) is 0 Å². The lowest BCUT2D eigenvalue weighted by molar-refractivity contribution is 0.338. The Kier molecular flexibility index (Phi) is 1.77. The predicted molar refractivity (Wildman–Crippen MR) is 46.8 cm³/mol. The highest BCUT2D eigenvalue weighted by Gasteiger charge is 2.23. The lowest BCUT2D eigenvalue weighted by Gasteiger charge is -2.28. The lowest BCUT2D eigenvalue weighted by Crippen LogP contribution is -2.34. The van der Waals surface area contributed by atoms with Crippen molar-refractivity contribution in [2.45, 2.75) is 12.5 Å². The molecule has 4 nitrogen and oxygen atoms in total. The van der Waals surface area contributed by atoms with Crippen LogP contribution in [0.2, 0.25) is 0 Å². The molecule has 1 fully saturated rings. The van der Waals surface area contributed by atoms with E-state index in [0.29, 0.717) is 5.56 Å². The molecule has 1 aliphatic heterocycles. The van der Waals surface area contributed by atoms with E-state index in [2.05, 4.69) is 5.32 Å². The Balaban J connectivity index is 2.41. The molecule has 1 atom stereocenters. The molecule has 1 unspecified atom stereocenters. The third-order valence-corrected chi connectivity index (χ3v) is 2.36. The van der Waals surface area contributed by atoms with Gasteiger partial charge in [0.25, 0.3) is 0 Å². The van der Waals surface area contributed by atoms with Gasteiger partial charge >= 0.3 is 0 Å². The van der Waals surface area contributed by atoms with Crippen molar-refractivity contribution in [2.75, 3.05) is 6.54 Å². The van der Waals surface area contributed by atoms with Gasteiger partial charge in [0, 0.05) is 11.6 Å². The fourth-order valence-electron chi connectivity index (χ4n) is 1.42. The van der Waals surface area contributed by atoms with Crippen molar-refractivity contribution in [1.82, 2.24) is 5.32 Å². The molecule has 0 aromatic heterocycles. The quantitative estimate of drug-likeness (QED) is 0.484. The van der Waals surface area contributed by atoms with Crippen LogP contribution >= 0.6 is 0 Å². The van der Waals surface area contributed by atoms with Gasteiger partial charge in [0.1, 0.15) is 0 Å². The number of benzene rings is 1. The van der Waals surface area contributed by atoms with Crippen LogP contribution < -0.4 is 5.32 Å². The van der Waals surface area contributed by atoms with Gasteiger partial charge < -0.3 is 20.6 Å². The third-order valence-electron chi connectivity index (χ3n) is 2.36. The number of aromatic hydroxyl groups is 3. The van der Waals surface area contributed by atoms with Crippen molar-refractivity contribution in [1.29, 1.82) is 0 Å². The summed E-state index contributed by atoms with van der Waals surface area (Å²) in [6.07, 6.45) is 0.942. The first-order chi connectivity index (χ1) is 6.20. The summed E-state index contributed by atoms with van der Waals surface area (Å²) in [6.45, 7) is 0.922. The minimum absolute atomic E-state index is 0.103. The van der Waals surface area contributed by atoms with Crippen LogP contribution in [0.1, 0.15) is 18.0 Å². The minimum atomic E-state index is -0.439. The predicted octanol–water partition coefficient (Wildman–Crippen LogP) is 0.838. The maximum atomic E-state index is 9.46. The topological polar surface area (TPSA) is 72.7 Å². The summed E-state index contributed by atoms with van der Waals surface area (Å²) in [4.78, 5) is 0. The van der Waals surface area contributed by atoms with Gasteiger partial charge in [0.05, 0.1) is 0 Å². The van der Waals surface area contributed by atoms with Crippen molar-refractivity contribution in [3.63, 3.8) is 0 Å². The normalized spacial score (nSPS) is 21.1. The zero-order chi connectivity index (χ0) is 9.42. The van der Waals surface area contributed by atoms with E-state index >= 15 is 0 Å². The fourth-order valence-corrected chi connectivity index (χ4v) is 1.42. The van der Waals surface area contributed by atoms with E-state index in [-0.39, 0.29) is 17.5 Å². The molecule has 0 saturated carbocycles. The highest BCUT2D eigenvalue weighted by atomic mass is 16.3. The fraction of sp³-hybridized carbons (Fsp3) is 0.333. The van der Waals surface area contributed by atoms with E-state index in [1.807, 2.05) is 0 Å². The van der Waals surface area contributed by atoms with Crippen LogP contribution in [0.4, 0.5) is 0 Å². The van der Waals surface area contributed by atoms with E-state index in [1.165, 1.54) is 6.07 Å². The summed E-state index contributed by atoms with van der Waals surface area (Å²) in [5.74, 6) is -0.955. The third kappa shape index (κ3) is 1.19. The number of phenols is 3. The highest BCUT2D eigenvalue weighted by molar-refractivity contribution is 5.54. The number of phenolic OH excluding ortho intramolecular Hbond substituents is 3. The molecule has 0 aliphatic carbocycles. The number of rotatable bonds is 1. The number of hydrogen-bond acceptors (Lipinski definition) is 4. The Morgan fingerprint density at radius 1 is 1.15 bits per heavy atom. The molecule has 70 valence electrons. The van der Waals surface area contributed by atoms with Crippen molar-refractivity contribution in [3.05, 3.63) is 17.7 Å². The number of nitrogens with one attached hydrogen (secondary N) is 1. The summed E-state index contributed by atoms with van der Waals surface area (Å²) in [7, 11) is 0. The molecule has 4 N–H and O–H groups in total. The monoisotopic (exact) mass is 181 g/mol. The van der Waals surface area contributed by atoms with Crippen molar-refractivity contribution >= 4 is 0 Å². The second kappa shape index (κ2) is 2.81. The first kappa shape index (κ1) is 8.19. The van der Waals surface area contributed by atoms with Crippen molar-refractivity contribution in [2.24, 2.45) is 0 Å². The molecule has 13 heavy (non-hydrogen) atoms. The summed E-state index contributed by atoms with van der Waals surface area (Å²) in [6, 6.07) is 3.09. The maximum Gasteiger partial charge on any atom is 0.200 e. The second-order valence-electron chi connectivity index (χ2n) is 3.17. The van der Waals surface area contributed by atoms with E-state index in [9.17, 15) is 10.2 Å². The summed E-state index contributed by atoms with van der Waals surface area (Å²) in [5, 5.41) is 30.9. The summed E-state index contributed by atoms with van der Waals surface area (Å²) >= 11 is 0. The molecular formula is C9H11NO3. The summed E-state index contributed by atoms with van der Waals surface area (Å²) < 4.78 is 0. The molecule has 0 spiro atoms. The SMILES string of the molecule is Oc1ccc(C2CCN2)c(O)c1O. The van der Waals surface area contributed by atoms with E-state index in [0.717, 1.165) is 13.0 Å². The zero-order valence-corrected chi connectivity index (χ0v) is 6.99. The van der Waals surface area contributed by atoms with Gasteiger partial charge in [-0.3, -0.25) is 0 Å². The van der Waals surface area contributed by atoms with Gasteiger partial charge in [0.2, 0.25) is 5.75 Å². The van der Waals surface area contributed by atoms with Crippen LogP contribution in [0.15, 0.2) is 12.1 Å². The largest absolute Gasteiger partial charge is 0.504 e. The summed E-state index contributed by atoms with van der Waals surface area (Å²) in [5.41, 5.74) is 0.640. The van der Waals surface area contributed by atoms with Gasteiger partial charge in [-0.1, -0.05) is 0 Å². The molecule has 1 aliphatic rings. The Labute approximate surface area is 75.5 Å². The van der Waals surface area contributed by atoms with Crippen LogP contribution in [0.5, 0.6) is 17.2 Å². The van der Waals surface area contributed by atoms with Crippen LogP contribution in [-0.4, -0.2) is 21.9 Å². The zero-order valence-electron chi connectivity index (χ0n) is 6.99. The molecule has 0 amide bonds. The molecule has 1 heterocycles. The van der Waals surface area contributed by atoms with E-state index < -0.39 is 5.75 Å².